The number of methoxy groups -OCH3 is 1. The van der Waals surface area contributed by atoms with E-state index in [0.29, 0.717) is 10.2 Å². The number of rotatable bonds is 10. The molecule has 0 heterocycles. The van der Waals surface area contributed by atoms with Crippen LogP contribution >= 0.6 is 15.9 Å². The SMILES string of the molecule is COc1cc(F)c(Br)cc1CCCCCCNCC(C)C. The Labute approximate surface area is 136 Å². The maximum atomic E-state index is 13.4. The van der Waals surface area contributed by atoms with E-state index in [0.717, 1.165) is 37.4 Å². The molecule has 0 aromatic heterocycles. The average Bonchev–Trinajstić information content (AvgIpc) is 2.44. The van der Waals surface area contributed by atoms with Crippen molar-refractivity contribution >= 4 is 15.9 Å². The van der Waals surface area contributed by atoms with Gasteiger partial charge in [-0.05, 0) is 65.8 Å². The van der Waals surface area contributed by atoms with Crippen LogP contribution in [0.3, 0.4) is 0 Å². The lowest BCUT2D eigenvalue weighted by molar-refractivity contribution is 0.404. The van der Waals surface area contributed by atoms with Gasteiger partial charge >= 0.3 is 0 Å². The zero-order valence-electron chi connectivity index (χ0n) is 13.3. The summed E-state index contributed by atoms with van der Waals surface area (Å²) in [5, 5.41) is 3.46. The van der Waals surface area contributed by atoms with Gasteiger partial charge in [-0.3, -0.25) is 0 Å². The van der Waals surface area contributed by atoms with Crippen LogP contribution in [0.4, 0.5) is 4.39 Å². The van der Waals surface area contributed by atoms with Gasteiger partial charge in [0.2, 0.25) is 0 Å². The average molecular weight is 360 g/mol. The summed E-state index contributed by atoms with van der Waals surface area (Å²) in [6.45, 7) is 6.65. The number of ether oxygens (including phenoxy) is 1. The van der Waals surface area contributed by atoms with Gasteiger partial charge in [0.05, 0.1) is 11.6 Å². The topological polar surface area (TPSA) is 21.3 Å². The molecule has 0 saturated heterocycles. The molecule has 0 unspecified atom stereocenters. The van der Waals surface area contributed by atoms with Crippen LogP contribution in [-0.2, 0) is 6.42 Å². The van der Waals surface area contributed by atoms with E-state index >= 15 is 0 Å². The summed E-state index contributed by atoms with van der Waals surface area (Å²) in [6, 6.07) is 3.29. The summed E-state index contributed by atoms with van der Waals surface area (Å²) in [7, 11) is 1.59. The van der Waals surface area contributed by atoms with Gasteiger partial charge in [0.25, 0.3) is 0 Å². The molecule has 0 bridgehead atoms. The van der Waals surface area contributed by atoms with Crippen LogP contribution in [0, 0.1) is 11.7 Å². The molecular weight excluding hydrogens is 333 g/mol. The zero-order valence-corrected chi connectivity index (χ0v) is 14.9. The molecule has 0 radical (unpaired) electrons. The quantitative estimate of drug-likeness (QED) is 0.597. The van der Waals surface area contributed by atoms with Gasteiger partial charge in [-0.25, -0.2) is 4.39 Å². The van der Waals surface area contributed by atoms with E-state index in [-0.39, 0.29) is 5.82 Å². The number of hydrogen-bond donors (Lipinski definition) is 1. The van der Waals surface area contributed by atoms with Crippen LogP contribution in [0.15, 0.2) is 16.6 Å². The summed E-state index contributed by atoms with van der Waals surface area (Å²) in [5.41, 5.74) is 1.07. The third-order valence-corrected chi connectivity index (χ3v) is 4.03. The summed E-state index contributed by atoms with van der Waals surface area (Å²) in [5.74, 6) is 1.09. The molecule has 0 aliphatic rings. The Kier molecular flexibility index (Phi) is 8.93. The molecule has 1 N–H and O–H groups in total. The Hall–Kier alpha value is -0.610. The summed E-state index contributed by atoms with van der Waals surface area (Å²) in [4.78, 5) is 0. The molecular formula is C17H27BrFNO. The van der Waals surface area contributed by atoms with Gasteiger partial charge in [-0.2, -0.15) is 0 Å². The predicted octanol–water partition coefficient (Wildman–Crippen LogP) is 4.95. The first kappa shape index (κ1) is 18.4. The second kappa shape index (κ2) is 10.2. The minimum absolute atomic E-state index is 0.271. The van der Waals surface area contributed by atoms with Crippen LogP contribution in [-0.4, -0.2) is 20.2 Å². The van der Waals surface area contributed by atoms with Gasteiger partial charge in [-0.15, -0.1) is 0 Å². The van der Waals surface area contributed by atoms with Gasteiger partial charge in [-0.1, -0.05) is 26.7 Å². The molecule has 4 heteroatoms. The first-order valence-corrected chi connectivity index (χ1v) is 8.56. The Morgan fingerprint density at radius 3 is 2.57 bits per heavy atom. The number of nitrogens with one attached hydrogen (secondary N) is 1. The first-order chi connectivity index (χ1) is 10.0. The molecule has 0 spiro atoms. The molecule has 0 amide bonds. The molecule has 1 aromatic carbocycles. The van der Waals surface area contributed by atoms with E-state index in [4.69, 9.17) is 4.74 Å². The van der Waals surface area contributed by atoms with Crippen molar-refractivity contribution in [2.24, 2.45) is 5.92 Å². The van der Waals surface area contributed by atoms with Crippen molar-refractivity contribution in [3.63, 3.8) is 0 Å². The fourth-order valence-electron chi connectivity index (χ4n) is 2.26. The predicted molar refractivity (Wildman–Crippen MR) is 90.5 cm³/mol. The van der Waals surface area contributed by atoms with Crippen LogP contribution in [0.5, 0.6) is 5.75 Å². The second-order valence-corrected chi connectivity index (χ2v) is 6.69. The maximum absolute atomic E-state index is 13.4. The molecule has 2 nitrogen and oxygen atoms in total. The van der Waals surface area contributed by atoms with E-state index < -0.39 is 0 Å². The second-order valence-electron chi connectivity index (χ2n) is 5.84. The maximum Gasteiger partial charge on any atom is 0.141 e. The normalized spacial score (nSPS) is 11.1. The standard InChI is InChI=1S/C17H27BrFNO/c1-13(2)12-20-9-7-5-4-6-8-14-10-15(18)16(19)11-17(14)21-3/h10-11,13,20H,4-9,12H2,1-3H3. The molecule has 0 saturated carbocycles. The van der Waals surface area contributed by atoms with Crippen molar-refractivity contribution in [2.75, 3.05) is 20.2 Å². The van der Waals surface area contributed by atoms with Crippen LogP contribution < -0.4 is 10.1 Å². The molecule has 21 heavy (non-hydrogen) atoms. The van der Waals surface area contributed by atoms with Gasteiger partial charge < -0.3 is 10.1 Å². The monoisotopic (exact) mass is 359 g/mol. The fraction of sp³-hybridized carbons (Fsp3) is 0.647. The fourth-order valence-corrected chi connectivity index (χ4v) is 2.66. The lowest BCUT2D eigenvalue weighted by Crippen LogP contribution is -2.20. The number of halogens is 2. The van der Waals surface area contributed by atoms with Gasteiger partial charge in [0, 0.05) is 6.07 Å². The van der Waals surface area contributed by atoms with E-state index in [2.05, 4.69) is 35.1 Å². The highest BCUT2D eigenvalue weighted by Crippen LogP contribution is 2.27. The lowest BCUT2D eigenvalue weighted by atomic mass is 10.0. The van der Waals surface area contributed by atoms with Crippen molar-refractivity contribution in [2.45, 2.75) is 46.0 Å². The largest absolute Gasteiger partial charge is 0.496 e. The minimum Gasteiger partial charge on any atom is -0.496 e. The van der Waals surface area contributed by atoms with Crippen molar-refractivity contribution < 1.29 is 9.13 Å². The Morgan fingerprint density at radius 1 is 1.19 bits per heavy atom. The highest BCUT2D eigenvalue weighted by atomic mass is 79.9. The number of hydrogen-bond acceptors (Lipinski definition) is 2. The number of aryl methyl sites for hydroxylation is 1. The Bertz CT molecular complexity index is 423. The van der Waals surface area contributed by atoms with Crippen molar-refractivity contribution in [3.8, 4) is 5.75 Å². The third kappa shape index (κ3) is 7.28. The van der Waals surface area contributed by atoms with Crippen LogP contribution in [0.25, 0.3) is 0 Å². The zero-order chi connectivity index (χ0) is 15.7. The number of unbranched alkanes of at least 4 members (excludes halogenated alkanes) is 3. The lowest BCUT2D eigenvalue weighted by Gasteiger charge is -2.10. The van der Waals surface area contributed by atoms with E-state index in [1.165, 1.54) is 25.3 Å². The van der Waals surface area contributed by atoms with Crippen LogP contribution in [0.2, 0.25) is 0 Å². The molecule has 0 fully saturated rings. The molecule has 120 valence electrons. The summed E-state index contributed by atoms with van der Waals surface area (Å²) in [6.07, 6.45) is 5.69. The van der Waals surface area contributed by atoms with Crippen LogP contribution in [0.1, 0.15) is 45.1 Å². The minimum atomic E-state index is -0.271. The summed E-state index contributed by atoms with van der Waals surface area (Å²) >= 11 is 3.23. The van der Waals surface area contributed by atoms with E-state index in [9.17, 15) is 4.39 Å². The Balaban J connectivity index is 2.22. The third-order valence-electron chi connectivity index (χ3n) is 3.43. The smallest absolute Gasteiger partial charge is 0.141 e. The molecule has 0 atom stereocenters. The molecule has 0 aliphatic carbocycles. The molecule has 1 aromatic rings. The Morgan fingerprint density at radius 2 is 1.90 bits per heavy atom. The van der Waals surface area contributed by atoms with Crippen molar-refractivity contribution in [1.29, 1.82) is 0 Å². The number of benzene rings is 1. The van der Waals surface area contributed by atoms with Crippen molar-refractivity contribution in [1.82, 2.24) is 5.32 Å². The molecule has 1 rings (SSSR count). The van der Waals surface area contributed by atoms with E-state index in [1.54, 1.807) is 7.11 Å². The molecule has 0 aliphatic heterocycles. The van der Waals surface area contributed by atoms with Gasteiger partial charge in [0.15, 0.2) is 0 Å². The highest BCUT2D eigenvalue weighted by Gasteiger charge is 2.08. The van der Waals surface area contributed by atoms with Gasteiger partial charge in [0.1, 0.15) is 11.6 Å². The van der Waals surface area contributed by atoms with E-state index in [1.807, 2.05) is 6.07 Å². The first-order valence-electron chi connectivity index (χ1n) is 7.77. The highest BCUT2D eigenvalue weighted by molar-refractivity contribution is 9.10. The van der Waals surface area contributed by atoms with Crippen molar-refractivity contribution in [3.05, 3.63) is 28.0 Å². The summed E-state index contributed by atoms with van der Waals surface area (Å²) < 4.78 is 19.2.